The Labute approximate surface area is 114 Å². The molecule has 2 nitrogen and oxygen atoms in total. The standard InChI is InChI=1S/C17H20O2/c1-3-11-19-16-6-4-5-15(12-16)17(18)14-9-7-13(2)8-10-14/h4-10,12,17-18H,3,11H2,1-2H3. The first-order chi connectivity index (χ1) is 9.20. The van der Waals surface area contributed by atoms with E-state index in [1.807, 2.05) is 55.5 Å². The zero-order valence-electron chi connectivity index (χ0n) is 11.5. The summed E-state index contributed by atoms with van der Waals surface area (Å²) >= 11 is 0. The maximum absolute atomic E-state index is 10.4. The Balaban J connectivity index is 2.18. The summed E-state index contributed by atoms with van der Waals surface area (Å²) in [7, 11) is 0. The third-order valence-corrected chi connectivity index (χ3v) is 3.04. The lowest BCUT2D eigenvalue weighted by molar-refractivity contribution is 0.219. The molecular weight excluding hydrogens is 236 g/mol. The van der Waals surface area contributed by atoms with Crippen LogP contribution in [-0.2, 0) is 0 Å². The monoisotopic (exact) mass is 256 g/mol. The van der Waals surface area contributed by atoms with Gasteiger partial charge >= 0.3 is 0 Å². The molecule has 2 aromatic rings. The molecule has 0 amide bonds. The molecule has 0 radical (unpaired) electrons. The van der Waals surface area contributed by atoms with Crippen molar-refractivity contribution in [3.8, 4) is 5.75 Å². The van der Waals surface area contributed by atoms with Crippen molar-refractivity contribution in [3.05, 3.63) is 65.2 Å². The van der Waals surface area contributed by atoms with Crippen LogP contribution in [0.5, 0.6) is 5.75 Å². The molecule has 0 bridgehead atoms. The Morgan fingerprint density at radius 1 is 1.05 bits per heavy atom. The Kier molecular flexibility index (Phi) is 4.58. The quantitative estimate of drug-likeness (QED) is 0.880. The molecule has 0 fully saturated rings. The van der Waals surface area contributed by atoms with Crippen LogP contribution in [0, 0.1) is 6.92 Å². The molecule has 0 heterocycles. The number of benzene rings is 2. The van der Waals surface area contributed by atoms with Crippen molar-refractivity contribution in [3.63, 3.8) is 0 Å². The topological polar surface area (TPSA) is 29.5 Å². The average molecular weight is 256 g/mol. The largest absolute Gasteiger partial charge is 0.494 e. The third-order valence-electron chi connectivity index (χ3n) is 3.04. The van der Waals surface area contributed by atoms with Crippen molar-refractivity contribution in [1.82, 2.24) is 0 Å². The van der Waals surface area contributed by atoms with Gasteiger partial charge in [-0.1, -0.05) is 48.9 Å². The minimum absolute atomic E-state index is 0.606. The fourth-order valence-electron chi connectivity index (χ4n) is 1.94. The van der Waals surface area contributed by atoms with Crippen molar-refractivity contribution in [2.75, 3.05) is 6.61 Å². The van der Waals surface area contributed by atoms with Crippen LogP contribution in [0.4, 0.5) is 0 Å². The van der Waals surface area contributed by atoms with Crippen LogP contribution in [0.1, 0.15) is 36.1 Å². The number of aliphatic hydroxyl groups excluding tert-OH is 1. The number of hydrogen-bond acceptors (Lipinski definition) is 2. The predicted octanol–water partition coefficient (Wildman–Crippen LogP) is 3.87. The molecule has 2 heteroatoms. The second kappa shape index (κ2) is 6.39. The van der Waals surface area contributed by atoms with E-state index in [9.17, 15) is 5.11 Å². The van der Waals surface area contributed by atoms with E-state index in [0.29, 0.717) is 6.61 Å². The molecule has 1 N–H and O–H groups in total. The van der Waals surface area contributed by atoms with Crippen molar-refractivity contribution < 1.29 is 9.84 Å². The highest BCUT2D eigenvalue weighted by Gasteiger charge is 2.10. The van der Waals surface area contributed by atoms with Crippen LogP contribution in [0.15, 0.2) is 48.5 Å². The minimum atomic E-state index is -0.606. The van der Waals surface area contributed by atoms with Gasteiger partial charge in [0.1, 0.15) is 11.9 Å². The van der Waals surface area contributed by atoms with Gasteiger partial charge in [-0.3, -0.25) is 0 Å². The summed E-state index contributed by atoms with van der Waals surface area (Å²) in [5, 5.41) is 10.4. The zero-order valence-corrected chi connectivity index (χ0v) is 11.5. The van der Waals surface area contributed by atoms with Gasteiger partial charge < -0.3 is 9.84 Å². The molecule has 1 unspecified atom stereocenters. The number of ether oxygens (including phenoxy) is 1. The van der Waals surface area contributed by atoms with E-state index < -0.39 is 6.10 Å². The van der Waals surface area contributed by atoms with E-state index >= 15 is 0 Å². The van der Waals surface area contributed by atoms with Gasteiger partial charge in [0.15, 0.2) is 0 Å². The van der Waals surface area contributed by atoms with E-state index in [2.05, 4.69) is 6.92 Å². The number of hydrogen-bond donors (Lipinski definition) is 1. The van der Waals surface area contributed by atoms with Crippen LogP contribution in [0.3, 0.4) is 0 Å². The van der Waals surface area contributed by atoms with Gasteiger partial charge in [0.25, 0.3) is 0 Å². The molecule has 0 saturated carbocycles. The first kappa shape index (κ1) is 13.6. The summed E-state index contributed by atoms with van der Waals surface area (Å²) in [6.45, 7) is 4.81. The molecule has 19 heavy (non-hydrogen) atoms. The van der Waals surface area contributed by atoms with Crippen LogP contribution in [0.25, 0.3) is 0 Å². The van der Waals surface area contributed by atoms with Gasteiger partial charge in [-0.2, -0.15) is 0 Å². The second-order valence-electron chi connectivity index (χ2n) is 4.73. The molecule has 100 valence electrons. The first-order valence-electron chi connectivity index (χ1n) is 6.68. The first-order valence-corrected chi connectivity index (χ1v) is 6.68. The molecule has 2 rings (SSSR count). The van der Waals surface area contributed by atoms with E-state index in [0.717, 1.165) is 23.3 Å². The molecule has 0 spiro atoms. The maximum Gasteiger partial charge on any atom is 0.119 e. The summed E-state index contributed by atoms with van der Waals surface area (Å²) in [6, 6.07) is 15.6. The molecule has 0 aliphatic rings. The van der Waals surface area contributed by atoms with E-state index in [-0.39, 0.29) is 0 Å². The fraction of sp³-hybridized carbons (Fsp3) is 0.294. The second-order valence-corrected chi connectivity index (χ2v) is 4.73. The molecule has 0 aliphatic carbocycles. The highest BCUT2D eigenvalue weighted by molar-refractivity contribution is 5.36. The summed E-state index contributed by atoms with van der Waals surface area (Å²) < 4.78 is 5.59. The van der Waals surface area contributed by atoms with Crippen molar-refractivity contribution in [1.29, 1.82) is 0 Å². The van der Waals surface area contributed by atoms with Crippen LogP contribution >= 0.6 is 0 Å². The Hall–Kier alpha value is -1.80. The lowest BCUT2D eigenvalue weighted by Crippen LogP contribution is -2.01. The number of rotatable bonds is 5. The smallest absolute Gasteiger partial charge is 0.119 e. The van der Waals surface area contributed by atoms with Crippen molar-refractivity contribution >= 4 is 0 Å². The van der Waals surface area contributed by atoms with E-state index in [1.54, 1.807) is 0 Å². The van der Waals surface area contributed by atoms with Gasteiger partial charge in [-0.05, 0) is 36.6 Å². The highest BCUT2D eigenvalue weighted by atomic mass is 16.5. The molecule has 0 aromatic heterocycles. The van der Waals surface area contributed by atoms with Gasteiger partial charge in [-0.15, -0.1) is 0 Å². The summed E-state index contributed by atoms with van der Waals surface area (Å²) in [5.74, 6) is 0.811. The highest BCUT2D eigenvalue weighted by Crippen LogP contribution is 2.25. The van der Waals surface area contributed by atoms with Gasteiger partial charge in [0, 0.05) is 0 Å². The Morgan fingerprint density at radius 3 is 2.47 bits per heavy atom. The number of aryl methyl sites for hydroxylation is 1. The Morgan fingerprint density at radius 2 is 1.79 bits per heavy atom. The molecule has 1 atom stereocenters. The zero-order chi connectivity index (χ0) is 13.7. The molecule has 0 aliphatic heterocycles. The third kappa shape index (κ3) is 3.58. The van der Waals surface area contributed by atoms with Crippen LogP contribution in [0.2, 0.25) is 0 Å². The van der Waals surface area contributed by atoms with Gasteiger partial charge in [0.2, 0.25) is 0 Å². The van der Waals surface area contributed by atoms with E-state index in [1.165, 1.54) is 5.56 Å². The summed E-state index contributed by atoms with van der Waals surface area (Å²) in [5.41, 5.74) is 2.95. The fourth-order valence-corrected chi connectivity index (χ4v) is 1.94. The van der Waals surface area contributed by atoms with Gasteiger partial charge in [0.05, 0.1) is 6.61 Å². The average Bonchev–Trinajstić information content (AvgIpc) is 2.45. The lowest BCUT2D eigenvalue weighted by atomic mass is 10.0. The van der Waals surface area contributed by atoms with Crippen LogP contribution < -0.4 is 4.74 Å². The predicted molar refractivity (Wildman–Crippen MR) is 77.5 cm³/mol. The minimum Gasteiger partial charge on any atom is -0.494 e. The molecule has 0 saturated heterocycles. The van der Waals surface area contributed by atoms with E-state index in [4.69, 9.17) is 4.74 Å². The molecular formula is C17H20O2. The lowest BCUT2D eigenvalue weighted by Gasteiger charge is -2.13. The van der Waals surface area contributed by atoms with Crippen molar-refractivity contribution in [2.45, 2.75) is 26.4 Å². The van der Waals surface area contributed by atoms with Crippen molar-refractivity contribution in [2.24, 2.45) is 0 Å². The maximum atomic E-state index is 10.4. The molecule has 2 aromatic carbocycles. The Bertz CT molecular complexity index is 517. The van der Waals surface area contributed by atoms with Gasteiger partial charge in [-0.25, -0.2) is 0 Å². The SMILES string of the molecule is CCCOc1cccc(C(O)c2ccc(C)cc2)c1. The number of aliphatic hydroxyl groups is 1. The summed E-state index contributed by atoms with van der Waals surface area (Å²) in [6.07, 6.45) is 0.371. The normalized spacial score (nSPS) is 12.2. The van der Waals surface area contributed by atoms with Crippen LogP contribution in [-0.4, -0.2) is 11.7 Å². The summed E-state index contributed by atoms with van der Waals surface area (Å²) in [4.78, 5) is 0.